The van der Waals surface area contributed by atoms with Gasteiger partial charge in [-0.25, -0.2) is 0 Å². The molecular formula is C15H20N2O. The van der Waals surface area contributed by atoms with Crippen LogP contribution in [-0.2, 0) is 7.05 Å². The Morgan fingerprint density at radius 1 is 1.39 bits per heavy atom. The molecular weight excluding hydrogens is 224 g/mol. The van der Waals surface area contributed by atoms with Crippen molar-refractivity contribution in [2.75, 3.05) is 20.2 Å². The van der Waals surface area contributed by atoms with Crippen molar-refractivity contribution in [2.45, 2.75) is 19.3 Å². The molecule has 1 fully saturated rings. The van der Waals surface area contributed by atoms with Crippen molar-refractivity contribution >= 4 is 10.9 Å². The number of aryl methyl sites for hydroxylation is 1. The fourth-order valence-corrected chi connectivity index (χ4v) is 3.21. The lowest BCUT2D eigenvalue weighted by molar-refractivity contribution is 0.418. The average molecular weight is 244 g/mol. The normalized spacial score (nSPS) is 19.6. The number of hydrogen-bond acceptors (Lipinski definition) is 2. The summed E-state index contributed by atoms with van der Waals surface area (Å²) < 4.78 is 7.77. The molecule has 1 aliphatic rings. The first-order chi connectivity index (χ1) is 8.74. The number of benzene rings is 1. The van der Waals surface area contributed by atoms with Crippen molar-refractivity contribution < 1.29 is 4.74 Å². The highest BCUT2D eigenvalue weighted by Crippen LogP contribution is 2.37. The lowest BCUT2D eigenvalue weighted by Crippen LogP contribution is -2.08. The number of nitrogens with one attached hydrogen (secondary N) is 1. The third-order valence-corrected chi connectivity index (χ3v) is 4.21. The predicted octanol–water partition coefficient (Wildman–Crippen LogP) is 2.57. The Labute approximate surface area is 108 Å². The summed E-state index contributed by atoms with van der Waals surface area (Å²) in [4.78, 5) is 0. The van der Waals surface area contributed by atoms with Gasteiger partial charge in [0.2, 0.25) is 0 Å². The third kappa shape index (κ3) is 1.54. The summed E-state index contributed by atoms with van der Waals surface area (Å²) in [5, 5.41) is 4.81. The zero-order valence-electron chi connectivity index (χ0n) is 11.3. The van der Waals surface area contributed by atoms with Crippen LogP contribution in [0, 0.1) is 6.92 Å². The Morgan fingerprint density at radius 3 is 2.89 bits per heavy atom. The van der Waals surface area contributed by atoms with Crippen LogP contribution in [0.25, 0.3) is 10.9 Å². The molecule has 1 atom stereocenters. The summed E-state index contributed by atoms with van der Waals surface area (Å²) >= 11 is 0. The zero-order valence-corrected chi connectivity index (χ0v) is 11.3. The number of fused-ring (bicyclic) bond motifs is 1. The Bertz CT molecular complexity index is 580. The van der Waals surface area contributed by atoms with Crippen LogP contribution in [-0.4, -0.2) is 24.8 Å². The number of nitrogens with zero attached hydrogens (tertiary/aromatic N) is 1. The molecule has 0 spiro atoms. The topological polar surface area (TPSA) is 26.2 Å². The molecule has 1 N–H and O–H groups in total. The van der Waals surface area contributed by atoms with E-state index in [9.17, 15) is 0 Å². The summed E-state index contributed by atoms with van der Waals surface area (Å²) in [7, 11) is 3.87. The highest BCUT2D eigenvalue weighted by Gasteiger charge is 2.24. The maximum absolute atomic E-state index is 5.50. The van der Waals surface area contributed by atoms with Crippen molar-refractivity contribution in [1.82, 2.24) is 9.88 Å². The van der Waals surface area contributed by atoms with E-state index in [4.69, 9.17) is 4.74 Å². The predicted molar refractivity (Wildman–Crippen MR) is 74.4 cm³/mol. The fraction of sp³-hybridized carbons (Fsp3) is 0.467. The Kier molecular flexibility index (Phi) is 2.78. The molecule has 1 aromatic carbocycles. The van der Waals surface area contributed by atoms with Gasteiger partial charge in [-0.15, -0.1) is 0 Å². The summed E-state index contributed by atoms with van der Waals surface area (Å²) in [6.45, 7) is 4.44. The summed E-state index contributed by atoms with van der Waals surface area (Å²) in [6.07, 6.45) is 1.23. The first kappa shape index (κ1) is 11.6. The second kappa shape index (κ2) is 4.32. The van der Waals surface area contributed by atoms with E-state index in [0.717, 1.165) is 18.8 Å². The van der Waals surface area contributed by atoms with Gasteiger partial charge in [0, 0.05) is 24.7 Å². The largest absolute Gasteiger partial charge is 0.495 e. The Balaban J connectivity index is 2.28. The first-order valence-corrected chi connectivity index (χ1v) is 6.56. The minimum atomic E-state index is 0.640. The maximum Gasteiger partial charge on any atom is 0.143 e. The summed E-state index contributed by atoms with van der Waals surface area (Å²) in [5.41, 5.74) is 4.08. The Morgan fingerprint density at radius 2 is 2.22 bits per heavy atom. The number of para-hydroxylation sites is 1. The maximum atomic E-state index is 5.50. The van der Waals surface area contributed by atoms with Crippen LogP contribution in [0.15, 0.2) is 18.2 Å². The molecule has 0 amide bonds. The van der Waals surface area contributed by atoms with Crippen LogP contribution in [0.4, 0.5) is 0 Å². The molecule has 3 heteroatoms. The second-order valence-electron chi connectivity index (χ2n) is 5.10. The fourth-order valence-electron chi connectivity index (χ4n) is 3.21. The smallest absolute Gasteiger partial charge is 0.143 e. The molecule has 0 radical (unpaired) electrons. The minimum absolute atomic E-state index is 0.640. The number of ether oxygens (including phenoxy) is 1. The van der Waals surface area contributed by atoms with Crippen molar-refractivity contribution in [3.63, 3.8) is 0 Å². The van der Waals surface area contributed by atoms with Crippen molar-refractivity contribution in [3.8, 4) is 5.75 Å². The number of rotatable bonds is 2. The molecule has 2 heterocycles. The molecule has 3 rings (SSSR count). The molecule has 0 saturated carbocycles. The van der Waals surface area contributed by atoms with Gasteiger partial charge in [0.1, 0.15) is 5.75 Å². The lowest BCUT2D eigenvalue weighted by Gasteiger charge is -2.09. The van der Waals surface area contributed by atoms with Gasteiger partial charge in [-0.2, -0.15) is 0 Å². The van der Waals surface area contributed by atoms with Gasteiger partial charge in [0.25, 0.3) is 0 Å². The van der Waals surface area contributed by atoms with Crippen LogP contribution < -0.4 is 10.1 Å². The van der Waals surface area contributed by atoms with Crippen LogP contribution in [0.1, 0.15) is 23.6 Å². The number of methoxy groups -OCH3 is 1. The van der Waals surface area contributed by atoms with Crippen molar-refractivity contribution in [3.05, 3.63) is 29.5 Å². The van der Waals surface area contributed by atoms with Crippen LogP contribution >= 0.6 is 0 Å². The summed E-state index contributed by atoms with van der Waals surface area (Å²) in [6, 6.07) is 6.35. The monoisotopic (exact) mass is 244 g/mol. The standard InChI is InChI=1S/C15H20N2O/c1-10-14(11-7-8-16-9-11)12-5-4-6-13(18-3)15(12)17(10)2/h4-6,11,16H,7-9H2,1-3H3. The molecule has 96 valence electrons. The van der Waals surface area contributed by atoms with E-state index < -0.39 is 0 Å². The van der Waals surface area contributed by atoms with Gasteiger partial charge in [0.15, 0.2) is 0 Å². The van der Waals surface area contributed by atoms with E-state index in [1.807, 2.05) is 6.07 Å². The van der Waals surface area contributed by atoms with Gasteiger partial charge < -0.3 is 14.6 Å². The van der Waals surface area contributed by atoms with E-state index in [1.54, 1.807) is 7.11 Å². The van der Waals surface area contributed by atoms with E-state index in [1.165, 1.54) is 28.6 Å². The van der Waals surface area contributed by atoms with E-state index in [-0.39, 0.29) is 0 Å². The SMILES string of the molecule is COc1cccc2c(C3CCNC3)c(C)n(C)c12. The van der Waals surface area contributed by atoms with Crippen LogP contribution in [0.3, 0.4) is 0 Å². The highest BCUT2D eigenvalue weighted by atomic mass is 16.5. The van der Waals surface area contributed by atoms with Gasteiger partial charge in [-0.05, 0) is 37.4 Å². The zero-order chi connectivity index (χ0) is 12.7. The van der Waals surface area contributed by atoms with Gasteiger partial charge in [-0.1, -0.05) is 12.1 Å². The summed E-state index contributed by atoms with van der Waals surface area (Å²) in [5.74, 6) is 1.61. The third-order valence-electron chi connectivity index (χ3n) is 4.21. The molecule has 1 aliphatic heterocycles. The molecule has 2 aromatic rings. The van der Waals surface area contributed by atoms with Gasteiger partial charge >= 0.3 is 0 Å². The molecule has 3 nitrogen and oxygen atoms in total. The molecule has 1 saturated heterocycles. The van der Waals surface area contributed by atoms with Gasteiger partial charge in [0.05, 0.1) is 12.6 Å². The molecule has 18 heavy (non-hydrogen) atoms. The molecule has 0 bridgehead atoms. The van der Waals surface area contributed by atoms with Crippen LogP contribution in [0.5, 0.6) is 5.75 Å². The first-order valence-electron chi connectivity index (χ1n) is 6.56. The number of aromatic nitrogens is 1. The quantitative estimate of drug-likeness (QED) is 0.878. The van der Waals surface area contributed by atoms with Crippen LogP contribution in [0.2, 0.25) is 0 Å². The van der Waals surface area contributed by atoms with Crippen molar-refractivity contribution in [1.29, 1.82) is 0 Å². The second-order valence-corrected chi connectivity index (χ2v) is 5.10. The van der Waals surface area contributed by atoms with E-state index in [0.29, 0.717) is 5.92 Å². The van der Waals surface area contributed by atoms with E-state index >= 15 is 0 Å². The number of hydrogen-bond donors (Lipinski definition) is 1. The molecule has 0 aliphatic carbocycles. The average Bonchev–Trinajstić information content (AvgIpc) is 2.98. The highest BCUT2D eigenvalue weighted by molar-refractivity contribution is 5.91. The minimum Gasteiger partial charge on any atom is -0.495 e. The molecule has 1 unspecified atom stereocenters. The van der Waals surface area contributed by atoms with E-state index in [2.05, 4.69) is 36.0 Å². The van der Waals surface area contributed by atoms with Crippen molar-refractivity contribution in [2.24, 2.45) is 7.05 Å². The molecule has 1 aromatic heterocycles. The van der Waals surface area contributed by atoms with Gasteiger partial charge in [-0.3, -0.25) is 0 Å². The lowest BCUT2D eigenvalue weighted by atomic mass is 9.95. The Hall–Kier alpha value is -1.48.